The number of nitrogens with zero attached hydrogens (tertiary/aromatic N) is 2. The molecule has 0 spiro atoms. The van der Waals surface area contributed by atoms with Gasteiger partial charge in [-0.15, -0.1) is 0 Å². The average molecular weight is 371 g/mol. The number of pyridine rings is 1. The van der Waals surface area contributed by atoms with Crippen LogP contribution in [0.25, 0.3) is 16.4 Å². The molecule has 1 amide bonds. The summed E-state index contributed by atoms with van der Waals surface area (Å²) in [6, 6.07) is 12.4. The summed E-state index contributed by atoms with van der Waals surface area (Å²) in [5.41, 5.74) is 1.58. The highest BCUT2D eigenvalue weighted by atomic mass is 32.2. The van der Waals surface area contributed by atoms with Crippen molar-refractivity contribution in [2.24, 2.45) is 0 Å². The molecular weight excluding hydrogens is 354 g/mol. The highest BCUT2D eigenvalue weighted by Crippen LogP contribution is 2.28. The zero-order valence-electron chi connectivity index (χ0n) is 14.1. The molecule has 134 valence electrons. The fourth-order valence-corrected chi connectivity index (χ4v) is 3.89. The first-order valence-corrected chi connectivity index (χ1v) is 9.69. The van der Waals surface area contributed by atoms with Crippen molar-refractivity contribution in [2.75, 3.05) is 12.4 Å². The van der Waals surface area contributed by atoms with Gasteiger partial charge in [-0.2, -0.15) is 5.26 Å². The van der Waals surface area contributed by atoms with Crippen LogP contribution in [0.4, 0.5) is 0 Å². The Labute approximate surface area is 150 Å². The molecule has 2 heterocycles. The third-order valence-electron chi connectivity index (χ3n) is 3.86. The Morgan fingerprint density at radius 3 is 2.73 bits per heavy atom. The lowest BCUT2D eigenvalue weighted by Gasteiger charge is -2.06. The van der Waals surface area contributed by atoms with Crippen molar-refractivity contribution in [2.45, 2.75) is 13.3 Å². The number of hydrogen-bond donors (Lipinski definition) is 1. The van der Waals surface area contributed by atoms with Crippen molar-refractivity contribution in [1.29, 1.82) is 5.26 Å². The van der Waals surface area contributed by atoms with E-state index in [0.717, 1.165) is 5.52 Å². The van der Waals surface area contributed by atoms with Crippen molar-refractivity contribution in [1.82, 2.24) is 9.12 Å². The first kappa shape index (κ1) is 17.8. The largest absolute Gasteiger partial charge is 0.477 e. The molecule has 3 rings (SSSR count). The molecule has 2 aromatic heterocycles. The van der Waals surface area contributed by atoms with E-state index in [4.69, 9.17) is 10.00 Å². The third kappa shape index (κ3) is 3.34. The van der Waals surface area contributed by atoms with E-state index in [1.165, 1.54) is 0 Å². The predicted molar refractivity (Wildman–Crippen MR) is 97.6 cm³/mol. The lowest BCUT2D eigenvalue weighted by Crippen LogP contribution is -2.32. The highest BCUT2D eigenvalue weighted by molar-refractivity contribution is 7.90. The van der Waals surface area contributed by atoms with Crippen molar-refractivity contribution in [3.63, 3.8) is 0 Å². The lowest BCUT2D eigenvalue weighted by molar-refractivity contribution is 0.0984. The van der Waals surface area contributed by atoms with Crippen LogP contribution in [0.2, 0.25) is 0 Å². The van der Waals surface area contributed by atoms with Gasteiger partial charge in [0.05, 0.1) is 28.5 Å². The molecule has 0 saturated heterocycles. The number of fused-ring (bicyclic) bond motifs is 3. The fraction of sp³-hybridized carbons (Fsp3) is 0.222. The number of nitriles is 1. The number of rotatable bonds is 6. The SMILES string of the molecule is CCCS(=O)(=O)NC(=O)c1c2ccccc2n2cc(OCC#N)ccc12. The van der Waals surface area contributed by atoms with Crippen LogP contribution in [-0.4, -0.2) is 31.1 Å². The molecule has 0 aliphatic rings. The number of nitrogens with one attached hydrogen (secondary N) is 1. The van der Waals surface area contributed by atoms with Crippen LogP contribution < -0.4 is 9.46 Å². The highest BCUT2D eigenvalue weighted by Gasteiger charge is 2.22. The minimum atomic E-state index is -3.68. The number of benzene rings is 1. The van der Waals surface area contributed by atoms with Gasteiger partial charge in [-0.1, -0.05) is 25.1 Å². The molecule has 3 aromatic rings. The number of para-hydroxylation sites is 1. The smallest absolute Gasteiger partial charge is 0.267 e. The normalized spacial score (nSPS) is 11.4. The molecule has 0 aliphatic heterocycles. The van der Waals surface area contributed by atoms with Gasteiger partial charge in [0.25, 0.3) is 5.91 Å². The molecule has 1 N–H and O–H groups in total. The van der Waals surface area contributed by atoms with Crippen molar-refractivity contribution in [3.05, 3.63) is 48.2 Å². The second-order valence-electron chi connectivity index (χ2n) is 5.71. The molecule has 0 unspecified atom stereocenters. The molecule has 0 aliphatic carbocycles. The van der Waals surface area contributed by atoms with Gasteiger partial charge in [0.1, 0.15) is 11.8 Å². The minimum absolute atomic E-state index is 0.0900. The molecular formula is C18H17N3O4S. The van der Waals surface area contributed by atoms with Crippen LogP contribution in [0.15, 0.2) is 42.6 Å². The third-order valence-corrected chi connectivity index (χ3v) is 5.30. The van der Waals surface area contributed by atoms with Gasteiger partial charge in [-0.05, 0) is 24.6 Å². The summed E-state index contributed by atoms with van der Waals surface area (Å²) in [7, 11) is -3.68. The van der Waals surface area contributed by atoms with Crippen molar-refractivity contribution < 1.29 is 17.9 Å². The summed E-state index contributed by atoms with van der Waals surface area (Å²) in [6.45, 7) is 1.64. The topological polar surface area (TPSA) is 101 Å². The van der Waals surface area contributed by atoms with Gasteiger partial charge in [-0.25, -0.2) is 13.1 Å². The molecule has 0 bridgehead atoms. The zero-order chi connectivity index (χ0) is 18.7. The van der Waals surface area contributed by atoms with Crippen LogP contribution in [0.5, 0.6) is 5.75 Å². The Balaban J connectivity index is 2.15. The summed E-state index contributed by atoms with van der Waals surface area (Å²) in [5, 5.41) is 9.28. The maximum absolute atomic E-state index is 12.7. The van der Waals surface area contributed by atoms with E-state index in [-0.39, 0.29) is 17.9 Å². The summed E-state index contributed by atoms with van der Waals surface area (Å²) >= 11 is 0. The fourth-order valence-electron chi connectivity index (χ4n) is 2.87. The number of aromatic nitrogens is 1. The first-order chi connectivity index (χ1) is 12.5. The van der Waals surface area contributed by atoms with Crippen LogP contribution >= 0.6 is 0 Å². The van der Waals surface area contributed by atoms with Crippen molar-refractivity contribution >= 4 is 32.4 Å². The lowest BCUT2D eigenvalue weighted by atomic mass is 10.1. The average Bonchev–Trinajstić information content (AvgIpc) is 2.93. The Morgan fingerprint density at radius 1 is 1.23 bits per heavy atom. The number of amides is 1. The summed E-state index contributed by atoms with van der Waals surface area (Å²) in [5.74, 6) is -0.303. The Hall–Kier alpha value is -3.05. The maximum Gasteiger partial charge on any atom is 0.267 e. The number of hydrogen-bond acceptors (Lipinski definition) is 5. The Morgan fingerprint density at radius 2 is 2.00 bits per heavy atom. The number of carbonyl (C=O) groups is 1. The molecule has 0 atom stereocenters. The van der Waals surface area contributed by atoms with E-state index in [1.807, 2.05) is 18.2 Å². The molecule has 1 aromatic carbocycles. The predicted octanol–water partition coefficient (Wildman–Crippen LogP) is 2.46. The van der Waals surface area contributed by atoms with E-state index in [2.05, 4.69) is 4.72 Å². The number of sulfonamides is 1. The van der Waals surface area contributed by atoms with Crippen LogP contribution in [0, 0.1) is 11.3 Å². The van der Waals surface area contributed by atoms with Gasteiger partial charge in [-0.3, -0.25) is 4.79 Å². The Bertz CT molecular complexity index is 1130. The Kier molecular flexibility index (Phi) is 4.82. The van der Waals surface area contributed by atoms with Gasteiger partial charge in [0.2, 0.25) is 10.0 Å². The molecule has 0 saturated carbocycles. The molecule has 8 heteroatoms. The van der Waals surface area contributed by atoms with Crippen LogP contribution in [0.3, 0.4) is 0 Å². The molecule has 7 nitrogen and oxygen atoms in total. The summed E-state index contributed by atoms with van der Waals surface area (Å²) in [6.07, 6.45) is 2.09. The van der Waals surface area contributed by atoms with Gasteiger partial charge >= 0.3 is 0 Å². The summed E-state index contributed by atoms with van der Waals surface area (Å²) in [4.78, 5) is 12.7. The van der Waals surface area contributed by atoms with E-state index >= 15 is 0 Å². The summed E-state index contributed by atoms with van der Waals surface area (Å²) < 4.78 is 33.2. The monoisotopic (exact) mass is 371 g/mol. The minimum Gasteiger partial charge on any atom is -0.477 e. The quantitative estimate of drug-likeness (QED) is 0.717. The maximum atomic E-state index is 12.7. The van der Waals surface area contributed by atoms with E-state index < -0.39 is 15.9 Å². The molecule has 26 heavy (non-hydrogen) atoms. The van der Waals surface area contributed by atoms with E-state index in [1.54, 1.807) is 41.8 Å². The van der Waals surface area contributed by atoms with Gasteiger partial charge in [0, 0.05) is 5.39 Å². The molecule has 0 radical (unpaired) electrons. The standard InChI is InChI=1S/C18H17N3O4S/c1-2-11-26(23,24)20-18(22)17-14-5-3-4-6-15(14)21-12-13(25-10-9-19)7-8-16(17)21/h3-8,12H,2,10-11H2,1H3,(H,20,22). The first-order valence-electron chi connectivity index (χ1n) is 8.04. The molecule has 0 fully saturated rings. The van der Waals surface area contributed by atoms with Crippen molar-refractivity contribution in [3.8, 4) is 11.8 Å². The van der Waals surface area contributed by atoms with Gasteiger partial charge in [0.15, 0.2) is 6.61 Å². The van der Waals surface area contributed by atoms with E-state index in [9.17, 15) is 13.2 Å². The van der Waals surface area contributed by atoms with Crippen LogP contribution in [-0.2, 0) is 10.0 Å². The second kappa shape index (κ2) is 7.06. The van der Waals surface area contributed by atoms with Gasteiger partial charge < -0.3 is 9.14 Å². The van der Waals surface area contributed by atoms with E-state index in [0.29, 0.717) is 23.1 Å². The van der Waals surface area contributed by atoms with Crippen LogP contribution in [0.1, 0.15) is 23.7 Å². The number of carbonyl (C=O) groups excluding carboxylic acids is 1. The number of ether oxygens (including phenoxy) is 1. The zero-order valence-corrected chi connectivity index (χ0v) is 14.9. The second-order valence-corrected chi connectivity index (χ2v) is 7.55.